The lowest BCUT2D eigenvalue weighted by atomic mass is 9.96. The number of carboxylic acids is 1. The molecule has 3 rings (SSSR count). The standard InChI is InChI=1S/C67H107N21O17/c1-6-36(3)53(86-60(99)46(32-50(70)91)83-64(103)54(37(4)7-2)87-61(100)48(35-89)85-58(97)44(19-11-12-26-68)81-56(95)42(69)18-13-27-75-66(71)72)63(102)78-34-52(93)88-29-15-21-49(88)62(101)77-33-51(92)80-43(20-14-28-76-67(73)74)57(96)79-38(5)55(94)82-45(30-39-16-9-8-10-17-39)59(98)84-47(65(104)105)31-40-22-24-41(90)25-23-40/h8-10,16-17,22-25,36-38,42-49,53-54,89-90H,6-7,11-15,18-21,26-35,68-69H2,1-5H3,(H2,70,91)(H,77,101)(H,78,102)(H,79,96)(H,80,92)(H,81,95)(H,82,94)(H,83,103)(H,84,98)(H,85,97)(H,86,99)(H,87,100)(H,104,105)(H4,71,72,75)(H4,73,74,76)/t36-,37-,38-,42-,43-,44-,45-,46-,47-,48-,49-,53-,54-/m0/s1. The van der Waals surface area contributed by atoms with E-state index in [0.717, 1.165) is 0 Å². The van der Waals surface area contributed by atoms with Gasteiger partial charge < -0.3 is 119 Å². The Kier molecular flexibility index (Phi) is 38.8. The van der Waals surface area contributed by atoms with Gasteiger partial charge in [-0.15, -0.1) is 0 Å². The highest BCUT2D eigenvalue weighted by Crippen LogP contribution is 2.19. The summed E-state index contributed by atoms with van der Waals surface area (Å²) in [6.07, 6.45) is 1.34. The van der Waals surface area contributed by atoms with Crippen LogP contribution in [0.4, 0.5) is 0 Å². The fourth-order valence-corrected chi connectivity index (χ4v) is 10.8. The van der Waals surface area contributed by atoms with E-state index >= 15 is 0 Å². The monoisotopic (exact) mass is 1480 g/mol. The van der Waals surface area contributed by atoms with Crippen LogP contribution in [0.2, 0.25) is 0 Å². The molecule has 0 radical (unpaired) electrons. The number of carbonyl (C=O) groups excluding carboxylic acids is 13. The van der Waals surface area contributed by atoms with Crippen LogP contribution in [0.1, 0.15) is 123 Å². The van der Waals surface area contributed by atoms with Crippen molar-refractivity contribution in [1.82, 2.24) is 63.4 Å². The SMILES string of the molecule is CC[C@H](C)[C@H](NC(=O)[C@H](CC(N)=O)NC(=O)[C@@H](NC(=O)[C@H](CO)NC(=O)[C@H](CCCCN)NC(=O)[C@@H](N)CCCN=C(N)N)[C@@H](C)CC)C(=O)NCC(=O)N1CCC[C@H]1C(=O)NCC(=O)N[C@@H](CCCN=C(N)N)C(=O)N[C@@H](C)C(=O)N[C@@H](Cc1ccccc1)C(=O)N[C@@H](Cc1ccc(O)cc1)C(=O)O. The van der Waals surface area contributed by atoms with Crippen molar-refractivity contribution in [3.63, 3.8) is 0 Å². The largest absolute Gasteiger partial charge is 0.508 e. The molecule has 13 amide bonds. The molecule has 1 fully saturated rings. The number of unbranched alkanes of at least 4 members (excludes halogenated alkanes) is 1. The van der Waals surface area contributed by atoms with Crippen molar-refractivity contribution < 1.29 is 82.4 Å². The Hall–Kier alpha value is -10.8. The quantitative estimate of drug-likeness (QED) is 0.0166. The summed E-state index contributed by atoms with van der Waals surface area (Å²) in [6, 6.07) is -1.11. The molecular formula is C67H107N21O17. The van der Waals surface area contributed by atoms with E-state index < -0.39 is 187 Å². The summed E-state index contributed by atoms with van der Waals surface area (Å²) >= 11 is 0. The molecule has 0 spiro atoms. The second kappa shape index (κ2) is 46.1. The van der Waals surface area contributed by atoms with Gasteiger partial charge in [0.05, 0.1) is 32.2 Å². The number of nitrogens with zero attached hydrogens (tertiary/aromatic N) is 3. The van der Waals surface area contributed by atoms with Crippen molar-refractivity contribution in [1.29, 1.82) is 0 Å². The number of carbonyl (C=O) groups is 14. The molecule has 1 heterocycles. The topological polar surface area (TPSA) is 642 Å². The van der Waals surface area contributed by atoms with E-state index in [9.17, 15) is 82.4 Å². The summed E-state index contributed by atoms with van der Waals surface area (Å²) in [4.78, 5) is 199. The summed E-state index contributed by atoms with van der Waals surface area (Å²) in [5, 5.41) is 57.5. The number of aliphatic hydroxyl groups is 1. The third-order valence-corrected chi connectivity index (χ3v) is 17.3. The van der Waals surface area contributed by atoms with Crippen LogP contribution in [0, 0.1) is 11.8 Å². The molecule has 0 aromatic heterocycles. The Bertz CT molecular complexity index is 3320. The highest BCUT2D eigenvalue weighted by molar-refractivity contribution is 6.00. The molecule has 105 heavy (non-hydrogen) atoms. The maximum absolute atomic E-state index is 14.1. The summed E-state index contributed by atoms with van der Waals surface area (Å²) in [6.45, 7) is 6.01. The lowest BCUT2D eigenvalue weighted by Crippen LogP contribution is -2.62. The number of likely N-dealkylation sites (tertiary alicyclic amines) is 1. The Morgan fingerprint density at radius 2 is 1.03 bits per heavy atom. The minimum Gasteiger partial charge on any atom is -0.508 e. The van der Waals surface area contributed by atoms with E-state index in [0.29, 0.717) is 36.8 Å². The number of benzene rings is 2. The summed E-state index contributed by atoms with van der Waals surface area (Å²) < 4.78 is 0. The number of hydrogen-bond acceptors (Lipinski definition) is 20. The number of aliphatic carboxylic acids is 1. The van der Waals surface area contributed by atoms with Crippen LogP contribution in [-0.4, -0.2) is 227 Å². The maximum atomic E-state index is 14.1. The van der Waals surface area contributed by atoms with E-state index in [1.165, 1.54) is 36.1 Å². The number of rotatable bonds is 47. The predicted octanol–water partition coefficient (Wildman–Crippen LogP) is -6.61. The Morgan fingerprint density at radius 1 is 0.533 bits per heavy atom. The zero-order valence-electron chi connectivity index (χ0n) is 60.0. The number of phenolic OH excluding ortho intramolecular Hbond substituents is 1. The van der Waals surface area contributed by atoms with Gasteiger partial charge in [0.1, 0.15) is 66.2 Å². The second-order valence-electron chi connectivity index (χ2n) is 25.6. The molecule has 0 bridgehead atoms. The van der Waals surface area contributed by atoms with Gasteiger partial charge in [-0.05, 0) is 106 Å². The average Bonchev–Trinajstić information content (AvgIpc) is 1.82. The first-order valence-corrected chi connectivity index (χ1v) is 34.8. The number of phenols is 1. The molecule has 582 valence electrons. The molecular weight excluding hydrogens is 1370 g/mol. The second-order valence-corrected chi connectivity index (χ2v) is 25.6. The van der Waals surface area contributed by atoms with Crippen molar-refractivity contribution in [3.05, 3.63) is 65.7 Å². The smallest absolute Gasteiger partial charge is 0.326 e. The number of aromatic hydroxyl groups is 1. The Labute approximate surface area is 608 Å². The molecule has 1 saturated heterocycles. The van der Waals surface area contributed by atoms with Gasteiger partial charge in [0, 0.05) is 32.5 Å². The van der Waals surface area contributed by atoms with Crippen LogP contribution in [0.5, 0.6) is 5.75 Å². The van der Waals surface area contributed by atoms with Gasteiger partial charge in [0.2, 0.25) is 76.8 Å². The number of guanidine groups is 2. The van der Waals surface area contributed by atoms with E-state index in [4.69, 9.17) is 40.1 Å². The number of aliphatic hydroxyl groups excluding tert-OH is 1. The number of hydrogen-bond donors (Lipinski definition) is 21. The van der Waals surface area contributed by atoms with Gasteiger partial charge in [-0.25, -0.2) is 4.79 Å². The first-order valence-electron chi connectivity index (χ1n) is 34.8. The van der Waals surface area contributed by atoms with Gasteiger partial charge in [0.25, 0.3) is 0 Å². The molecule has 1 aliphatic rings. The average molecular weight is 1480 g/mol. The molecule has 2 aromatic carbocycles. The van der Waals surface area contributed by atoms with Crippen molar-refractivity contribution in [3.8, 4) is 5.75 Å². The van der Waals surface area contributed by atoms with Crippen molar-refractivity contribution in [2.45, 2.75) is 191 Å². The minimum absolute atomic E-state index is 0.0175. The summed E-state index contributed by atoms with van der Waals surface area (Å²) in [5.74, 6) is -14.8. The third kappa shape index (κ3) is 31.8. The highest BCUT2D eigenvalue weighted by atomic mass is 16.4. The zero-order chi connectivity index (χ0) is 78.5. The van der Waals surface area contributed by atoms with E-state index in [2.05, 4.69) is 68.5 Å². The molecule has 1 aliphatic heterocycles. The van der Waals surface area contributed by atoms with Gasteiger partial charge in [-0.2, -0.15) is 0 Å². The third-order valence-electron chi connectivity index (χ3n) is 17.3. The normalized spacial score (nSPS) is 15.8. The highest BCUT2D eigenvalue weighted by Gasteiger charge is 2.39. The van der Waals surface area contributed by atoms with Gasteiger partial charge in [-0.3, -0.25) is 72.3 Å². The van der Waals surface area contributed by atoms with Crippen LogP contribution in [0.25, 0.3) is 0 Å². The number of aliphatic imine (C=N–C) groups is 2. The van der Waals surface area contributed by atoms with Gasteiger partial charge in [-0.1, -0.05) is 83.0 Å². The fourth-order valence-electron chi connectivity index (χ4n) is 10.8. The molecule has 0 unspecified atom stereocenters. The number of carboxylic acid groups (broad SMARTS) is 1. The molecule has 13 atom stereocenters. The predicted molar refractivity (Wildman–Crippen MR) is 384 cm³/mol. The van der Waals surface area contributed by atoms with E-state index in [1.807, 2.05) is 0 Å². The van der Waals surface area contributed by atoms with Crippen LogP contribution < -0.4 is 98.6 Å². The van der Waals surface area contributed by atoms with Crippen LogP contribution in [-0.2, 0) is 80.0 Å². The Balaban J connectivity index is 1.70. The molecule has 38 heteroatoms. The van der Waals surface area contributed by atoms with Crippen molar-refractivity contribution in [2.75, 3.05) is 45.9 Å². The zero-order valence-corrected chi connectivity index (χ0v) is 60.0. The van der Waals surface area contributed by atoms with E-state index in [1.54, 1.807) is 58.0 Å². The molecule has 28 N–H and O–H groups in total. The van der Waals surface area contributed by atoms with Crippen LogP contribution >= 0.6 is 0 Å². The summed E-state index contributed by atoms with van der Waals surface area (Å²) in [7, 11) is 0. The van der Waals surface area contributed by atoms with Gasteiger partial charge >= 0.3 is 5.97 Å². The molecule has 0 aliphatic carbocycles. The van der Waals surface area contributed by atoms with E-state index in [-0.39, 0.29) is 102 Å². The van der Waals surface area contributed by atoms with Crippen molar-refractivity contribution >= 4 is 94.7 Å². The molecule has 2 aromatic rings. The lowest BCUT2D eigenvalue weighted by molar-refractivity contribution is -0.142. The molecule has 0 saturated carbocycles. The molecule has 38 nitrogen and oxygen atoms in total. The van der Waals surface area contributed by atoms with Crippen LogP contribution in [0.3, 0.4) is 0 Å². The number of nitrogens with two attached hydrogens (primary N) is 7. The first kappa shape index (κ1) is 88.5. The fraction of sp³-hybridized carbons (Fsp3) is 0.582. The number of amides is 13. The number of primary amides is 1. The van der Waals surface area contributed by atoms with Crippen molar-refractivity contribution in [2.24, 2.45) is 62.0 Å². The van der Waals surface area contributed by atoms with Gasteiger partial charge in [0.15, 0.2) is 11.9 Å². The minimum atomic E-state index is -1.75. The maximum Gasteiger partial charge on any atom is 0.326 e. The Morgan fingerprint density at radius 3 is 1.60 bits per heavy atom. The van der Waals surface area contributed by atoms with Crippen LogP contribution in [0.15, 0.2) is 64.6 Å². The first-order chi connectivity index (χ1) is 49.7. The lowest BCUT2D eigenvalue weighted by Gasteiger charge is -2.30. The number of nitrogens with one attached hydrogen (secondary N) is 11. The summed E-state index contributed by atoms with van der Waals surface area (Å²) in [5.41, 5.74) is 40.0.